The van der Waals surface area contributed by atoms with Gasteiger partial charge in [0.1, 0.15) is 5.82 Å². The molecular formula is C31H47N7O2. The summed E-state index contributed by atoms with van der Waals surface area (Å²) in [5.41, 5.74) is 4.18. The van der Waals surface area contributed by atoms with Crippen LogP contribution in [0.15, 0.2) is 24.3 Å². The van der Waals surface area contributed by atoms with E-state index in [1.165, 1.54) is 18.4 Å². The first-order chi connectivity index (χ1) is 19.4. The first-order valence-electron chi connectivity index (χ1n) is 15.2. The van der Waals surface area contributed by atoms with Crippen LogP contribution in [0.1, 0.15) is 57.7 Å². The van der Waals surface area contributed by atoms with Gasteiger partial charge in [0.25, 0.3) is 0 Å². The number of nitrogens with zero attached hydrogens (tertiary/aromatic N) is 5. The highest BCUT2D eigenvalue weighted by molar-refractivity contribution is 5.89. The normalized spacial score (nSPS) is 20.9. The molecule has 40 heavy (non-hydrogen) atoms. The van der Waals surface area contributed by atoms with E-state index in [-0.39, 0.29) is 12.1 Å². The highest BCUT2D eigenvalue weighted by atomic mass is 16.5. The Bertz CT molecular complexity index is 1130. The van der Waals surface area contributed by atoms with Crippen LogP contribution in [0.3, 0.4) is 0 Å². The molecule has 0 radical (unpaired) electrons. The summed E-state index contributed by atoms with van der Waals surface area (Å²) in [5, 5.41) is 5.90. The number of amides is 2. The van der Waals surface area contributed by atoms with Crippen LogP contribution in [0.5, 0.6) is 0 Å². The first-order valence-corrected chi connectivity index (χ1v) is 15.2. The monoisotopic (exact) mass is 549 g/mol. The molecule has 4 heterocycles. The molecular weight excluding hydrogens is 502 g/mol. The Balaban J connectivity index is 1.34. The summed E-state index contributed by atoms with van der Waals surface area (Å²) in [6.45, 7) is 13.8. The number of fused-ring (bicyclic) bond motifs is 1. The van der Waals surface area contributed by atoms with Crippen molar-refractivity contribution < 1.29 is 9.53 Å². The lowest BCUT2D eigenvalue weighted by atomic mass is 9.97. The summed E-state index contributed by atoms with van der Waals surface area (Å²) in [7, 11) is 2.22. The Kier molecular flexibility index (Phi) is 9.55. The van der Waals surface area contributed by atoms with E-state index in [0.29, 0.717) is 18.5 Å². The van der Waals surface area contributed by atoms with E-state index in [2.05, 4.69) is 53.2 Å². The number of ether oxygens (including phenoxy) is 1. The zero-order chi connectivity index (χ0) is 28.1. The van der Waals surface area contributed by atoms with Crippen molar-refractivity contribution in [3.63, 3.8) is 0 Å². The molecule has 2 amide bonds. The number of carbonyl (C=O) groups excluding carboxylic acids is 1. The molecule has 1 unspecified atom stereocenters. The zero-order valence-electron chi connectivity index (χ0n) is 24.8. The molecule has 2 N–H and O–H groups in total. The number of nitrogens with one attached hydrogen (secondary N) is 2. The van der Waals surface area contributed by atoms with Gasteiger partial charge in [-0.15, -0.1) is 0 Å². The fourth-order valence-corrected chi connectivity index (χ4v) is 6.10. The predicted octanol–water partition coefficient (Wildman–Crippen LogP) is 4.38. The van der Waals surface area contributed by atoms with Crippen LogP contribution in [0.2, 0.25) is 0 Å². The van der Waals surface area contributed by atoms with Gasteiger partial charge in [-0.1, -0.05) is 13.8 Å². The summed E-state index contributed by atoms with van der Waals surface area (Å²) in [5.74, 6) is 2.47. The number of carbonyl (C=O) groups is 1. The van der Waals surface area contributed by atoms with Crippen LogP contribution in [0.25, 0.3) is 11.4 Å². The molecule has 3 aliphatic rings. The van der Waals surface area contributed by atoms with Crippen LogP contribution in [-0.4, -0.2) is 90.9 Å². The second-order valence-electron chi connectivity index (χ2n) is 12.2. The molecule has 1 atom stereocenters. The van der Waals surface area contributed by atoms with Gasteiger partial charge >= 0.3 is 6.03 Å². The molecule has 9 nitrogen and oxygen atoms in total. The van der Waals surface area contributed by atoms with Gasteiger partial charge in [-0.2, -0.15) is 0 Å². The summed E-state index contributed by atoms with van der Waals surface area (Å²) >= 11 is 0. The van der Waals surface area contributed by atoms with Gasteiger partial charge in [-0.05, 0) is 89.3 Å². The second kappa shape index (κ2) is 13.3. The molecule has 9 heteroatoms. The average Bonchev–Trinajstić information content (AvgIpc) is 2.95. The molecule has 1 aromatic carbocycles. The topological polar surface area (TPSA) is 85.9 Å². The Morgan fingerprint density at radius 2 is 1.88 bits per heavy atom. The minimum Gasteiger partial charge on any atom is -0.377 e. The van der Waals surface area contributed by atoms with Gasteiger partial charge in [0.05, 0.1) is 24.9 Å². The number of urea groups is 1. The van der Waals surface area contributed by atoms with E-state index in [4.69, 9.17) is 14.7 Å². The molecule has 218 valence electrons. The van der Waals surface area contributed by atoms with Gasteiger partial charge in [0.15, 0.2) is 5.82 Å². The molecule has 5 rings (SSSR count). The quantitative estimate of drug-likeness (QED) is 0.473. The molecule has 1 aromatic heterocycles. The van der Waals surface area contributed by atoms with Crippen molar-refractivity contribution in [1.29, 1.82) is 0 Å². The fraction of sp³-hybridized carbons (Fsp3) is 0.645. The van der Waals surface area contributed by atoms with E-state index in [9.17, 15) is 4.79 Å². The molecule has 0 bridgehead atoms. The van der Waals surface area contributed by atoms with Crippen LogP contribution in [0, 0.1) is 5.92 Å². The number of morpholine rings is 1. The van der Waals surface area contributed by atoms with Gasteiger partial charge in [0, 0.05) is 49.0 Å². The minimum absolute atomic E-state index is 0.167. The van der Waals surface area contributed by atoms with Crippen molar-refractivity contribution in [1.82, 2.24) is 25.1 Å². The Hall–Kier alpha value is -2.75. The number of hydrogen-bond donors (Lipinski definition) is 2. The SMILES string of the molecule is CC(C)CCCNC(=O)Nc1ccc(-c2nc3c(c(N4CCOCC4C)n2)CCN(C2CCN(C)CC2)C3)cc1. The summed E-state index contributed by atoms with van der Waals surface area (Å²) < 4.78 is 5.75. The zero-order valence-corrected chi connectivity index (χ0v) is 24.8. The standard InChI is InChI=1S/C31H47N7O2/c1-22(2)6-5-14-32-31(39)33-25-9-7-24(8-10-25)29-34-28-20-37(26-11-15-36(4)16-12-26)17-13-27(28)30(35-29)38-18-19-40-21-23(38)3/h7-10,22-23,26H,5-6,11-21H2,1-4H3,(H2,32,33,39). The number of piperidine rings is 1. The Labute approximate surface area is 239 Å². The van der Waals surface area contributed by atoms with E-state index < -0.39 is 0 Å². The molecule has 3 aliphatic heterocycles. The lowest BCUT2D eigenvalue weighted by Crippen LogP contribution is -2.47. The number of rotatable bonds is 8. The van der Waals surface area contributed by atoms with E-state index in [1.54, 1.807) is 0 Å². The lowest BCUT2D eigenvalue weighted by Gasteiger charge is -2.41. The third-order valence-corrected chi connectivity index (χ3v) is 8.56. The molecule has 0 aliphatic carbocycles. The maximum absolute atomic E-state index is 12.3. The predicted molar refractivity (Wildman–Crippen MR) is 161 cm³/mol. The van der Waals surface area contributed by atoms with Gasteiger partial charge in [0.2, 0.25) is 0 Å². The summed E-state index contributed by atoms with van der Waals surface area (Å²) in [6.07, 6.45) is 5.51. The maximum Gasteiger partial charge on any atom is 0.319 e. The molecule has 0 spiro atoms. The van der Waals surface area contributed by atoms with E-state index in [1.807, 2.05) is 24.3 Å². The van der Waals surface area contributed by atoms with E-state index >= 15 is 0 Å². The second-order valence-corrected chi connectivity index (χ2v) is 12.2. The van der Waals surface area contributed by atoms with Crippen molar-refractivity contribution in [3.05, 3.63) is 35.5 Å². The number of aromatic nitrogens is 2. The number of benzene rings is 1. The van der Waals surface area contributed by atoms with Crippen molar-refractivity contribution in [2.75, 3.05) is 63.2 Å². The minimum atomic E-state index is -0.167. The molecule has 2 saturated heterocycles. The van der Waals surface area contributed by atoms with Gasteiger partial charge in [-0.3, -0.25) is 4.90 Å². The van der Waals surface area contributed by atoms with Crippen molar-refractivity contribution in [3.8, 4) is 11.4 Å². The van der Waals surface area contributed by atoms with Crippen molar-refractivity contribution in [2.45, 2.75) is 71.5 Å². The molecule has 2 fully saturated rings. The van der Waals surface area contributed by atoms with E-state index in [0.717, 1.165) is 93.8 Å². The van der Waals surface area contributed by atoms with Crippen LogP contribution < -0.4 is 15.5 Å². The van der Waals surface area contributed by atoms with Crippen LogP contribution in [0.4, 0.5) is 16.3 Å². The smallest absolute Gasteiger partial charge is 0.319 e. The Morgan fingerprint density at radius 3 is 2.60 bits per heavy atom. The highest BCUT2D eigenvalue weighted by Gasteiger charge is 2.32. The van der Waals surface area contributed by atoms with Crippen molar-refractivity contribution >= 4 is 17.5 Å². The first kappa shape index (κ1) is 28.8. The fourth-order valence-electron chi connectivity index (χ4n) is 6.10. The largest absolute Gasteiger partial charge is 0.377 e. The average molecular weight is 550 g/mol. The lowest BCUT2D eigenvalue weighted by molar-refractivity contribution is 0.0974. The molecule has 2 aromatic rings. The van der Waals surface area contributed by atoms with Crippen molar-refractivity contribution in [2.24, 2.45) is 5.92 Å². The van der Waals surface area contributed by atoms with Gasteiger partial charge < -0.3 is 25.2 Å². The van der Waals surface area contributed by atoms with Crippen LogP contribution >= 0.6 is 0 Å². The summed E-state index contributed by atoms with van der Waals surface area (Å²) in [6, 6.07) is 8.63. The molecule has 0 saturated carbocycles. The van der Waals surface area contributed by atoms with Crippen LogP contribution in [-0.2, 0) is 17.7 Å². The highest BCUT2D eigenvalue weighted by Crippen LogP contribution is 2.33. The number of anilines is 2. The third kappa shape index (κ3) is 7.11. The summed E-state index contributed by atoms with van der Waals surface area (Å²) in [4.78, 5) is 30.1. The van der Waals surface area contributed by atoms with Gasteiger partial charge in [-0.25, -0.2) is 14.8 Å². The maximum atomic E-state index is 12.3. The third-order valence-electron chi connectivity index (χ3n) is 8.56. The Morgan fingerprint density at radius 1 is 1.10 bits per heavy atom. The number of hydrogen-bond acceptors (Lipinski definition) is 7. The number of likely N-dealkylation sites (tertiary alicyclic amines) is 1.